The molecule has 72 valence electrons. The summed E-state index contributed by atoms with van der Waals surface area (Å²) < 4.78 is 3.93. The SMILES string of the molecule is Cn1c(-c2ccc(Br)cc2)cnc1Br. The van der Waals surface area contributed by atoms with Crippen molar-refractivity contribution in [3.63, 3.8) is 0 Å². The van der Waals surface area contributed by atoms with Crippen LogP contribution in [0.25, 0.3) is 11.3 Å². The van der Waals surface area contributed by atoms with Gasteiger partial charge in [-0.25, -0.2) is 4.98 Å². The maximum absolute atomic E-state index is 4.18. The van der Waals surface area contributed by atoms with Crippen LogP contribution >= 0.6 is 31.9 Å². The summed E-state index contributed by atoms with van der Waals surface area (Å²) >= 11 is 6.78. The molecule has 0 N–H and O–H groups in total. The molecule has 0 radical (unpaired) electrons. The van der Waals surface area contributed by atoms with Gasteiger partial charge in [0.1, 0.15) is 0 Å². The summed E-state index contributed by atoms with van der Waals surface area (Å²) in [6, 6.07) is 8.17. The molecule has 0 amide bonds. The molecule has 0 bridgehead atoms. The van der Waals surface area contributed by atoms with E-state index in [2.05, 4.69) is 49.0 Å². The largest absolute Gasteiger partial charge is 0.322 e. The van der Waals surface area contributed by atoms with E-state index in [1.807, 2.05) is 29.9 Å². The highest BCUT2D eigenvalue weighted by molar-refractivity contribution is 9.10. The lowest BCUT2D eigenvalue weighted by Gasteiger charge is -2.02. The van der Waals surface area contributed by atoms with Crippen molar-refractivity contribution in [1.29, 1.82) is 0 Å². The Morgan fingerprint density at radius 2 is 1.79 bits per heavy atom. The topological polar surface area (TPSA) is 17.8 Å². The highest BCUT2D eigenvalue weighted by Gasteiger charge is 2.05. The summed E-state index contributed by atoms with van der Waals surface area (Å²) in [5.74, 6) is 0. The molecule has 1 aromatic heterocycles. The van der Waals surface area contributed by atoms with Crippen LogP contribution in [-0.2, 0) is 7.05 Å². The van der Waals surface area contributed by atoms with Gasteiger partial charge in [-0.1, -0.05) is 28.1 Å². The molecule has 0 unspecified atom stereocenters. The first-order chi connectivity index (χ1) is 6.68. The molecule has 1 aromatic carbocycles. The minimum absolute atomic E-state index is 0.843. The molecular formula is C10H8Br2N2. The number of benzene rings is 1. The average Bonchev–Trinajstić information content (AvgIpc) is 2.50. The van der Waals surface area contributed by atoms with Gasteiger partial charge >= 0.3 is 0 Å². The molecule has 0 aliphatic carbocycles. The maximum Gasteiger partial charge on any atom is 0.177 e. The van der Waals surface area contributed by atoms with Gasteiger partial charge in [0.25, 0.3) is 0 Å². The summed E-state index contributed by atoms with van der Waals surface area (Å²) in [7, 11) is 1.98. The summed E-state index contributed by atoms with van der Waals surface area (Å²) in [6.07, 6.45) is 1.85. The van der Waals surface area contributed by atoms with Gasteiger partial charge in [0, 0.05) is 11.5 Å². The lowest BCUT2D eigenvalue weighted by atomic mass is 10.2. The number of imidazole rings is 1. The van der Waals surface area contributed by atoms with E-state index in [0.29, 0.717) is 0 Å². The molecule has 0 aliphatic rings. The fraction of sp³-hybridized carbons (Fsp3) is 0.100. The number of rotatable bonds is 1. The molecule has 0 saturated carbocycles. The first kappa shape index (κ1) is 9.93. The number of aromatic nitrogens is 2. The van der Waals surface area contributed by atoms with Crippen molar-refractivity contribution < 1.29 is 0 Å². The predicted octanol–water partition coefficient (Wildman–Crippen LogP) is 3.61. The Balaban J connectivity index is 2.49. The van der Waals surface area contributed by atoms with Gasteiger partial charge in [0.15, 0.2) is 4.73 Å². The minimum Gasteiger partial charge on any atom is -0.322 e. The van der Waals surface area contributed by atoms with E-state index < -0.39 is 0 Å². The van der Waals surface area contributed by atoms with Gasteiger partial charge in [-0.05, 0) is 33.6 Å². The fourth-order valence-electron chi connectivity index (χ4n) is 1.28. The van der Waals surface area contributed by atoms with E-state index in [1.54, 1.807) is 0 Å². The van der Waals surface area contributed by atoms with Gasteiger partial charge in [0.2, 0.25) is 0 Å². The average molecular weight is 316 g/mol. The third-order valence-corrected chi connectivity index (χ3v) is 3.34. The fourth-order valence-corrected chi connectivity index (χ4v) is 1.83. The maximum atomic E-state index is 4.18. The third kappa shape index (κ3) is 1.77. The Kier molecular flexibility index (Phi) is 2.74. The van der Waals surface area contributed by atoms with Crippen LogP contribution in [0.4, 0.5) is 0 Å². The Bertz CT molecular complexity index is 446. The number of hydrogen-bond donors (Lipinski definition) is 0. The molecule has 2 aromatic rings. The van der Waals surface area contributed by atoms with Crippen molar-refractivity contribution >= 4 is 31.9 Å². The highest BCUT2D eigenvalue weighted by Crippen LogP contribution is 2.23. The lowest BCUT2D eigenvalue weighted by Crippen LogP contribution is -1.91. The van der Waals surface area contributed by atoms with Crippen molar-refractivity contribution in [3.05, 3.63) is 39.7 Å². The molecule has 0 spiro atoms. The zero-order valence-electron chi connectivity index (χ0n) is 7.54. The molecule has 2 rings (SSSR count). The van der Waals surface area contributed by atoms with Crippen LogP contribution in [0.2, 0.25) is 0 Å². The monoisotopic (exact) mass is 314 g/mol. The Morgan fingerprint density at radius 1 is 1.14 bits per heavy atom. The van der Waals surface area contributed by atoms with Crippen LogP contribution in [0.5, 0.6) is 0 Å². The summed E-state index contributed by atoms with van der Waals surface area (Å²) in [5, 5.41) is 0. The molecular weight excluding hydrogens is 308 g/mol. The van der Waals surface area contributed by atoms with Crippen molar-refractivity contribution in [2.75, 3.05) is 0 Å². The molecule has 1 heterocycles. The van der Waals surface area contributed by atoms with E-state index in [1.165, 1.54) is 0 Å². The van der Waals surface area contributed by atoms with Crippen LogP contribution < -0.4 is 0 Å². The third-order valence-electron chi connectivity index (χ3n) is 2.07. The van der Waals surface area contributed by atoms with Crippen molar-refractivity contribution in [3.8, 4) is 11.3 Å². The molecule has 14 heavy (non-hydrogen) atoms. The number of nitrogens with zero attached hydrogens (tertiary/aromatic N) is 2. The normalized spacial score (nSPS) is 10.5. The molecule has 0 atom stereocenters. The summed E-state index contributed by atoms with van der Waals surface area (Å²) in [5.41, 5.74) is 2.26. The first-order valence-corrected chi connectivity index (χ1v) is 5.70. The quantitative estimate of drug-likeness (QED) is 0.786. The van der Waals surface area contributed by atoms with E-state index >= 15 is 0 Å². The molecule has 4 heteroatoms. The predicted molar refractivity (Wildman–Crippen MR) is 64.0 cm³/mol. The molecule has 0 fully saturated rings. The number of hydrogen-bond acceptors (Lipinski definition) is 1. The highest BCUT2D eigenvalue weighted by atomic mass is 79.9. The van der Waals surface area contributed by atoms with E-state index in [-0.39, 0.29) is 0 Å². The van der Waals surface area contributed by atoms with E-state index in [9.17, 15) is 0 Å². The van der Waals surface area contributed by atoms with E-state index in [4.69, 9.17) is 0 Å². The molecule has 0 saturated heterocycles. The molecule has 0 aliphatic heterocycles. The molecule has 2 nitrogen and oxygen atoms in total. The van der Waals surface area contributed by atoms with Gasteiger partial charge in [0.05, 0.1) is 11.9 Å². The van der Waals surface area contributed by atoms with Crippen LogP contribution in [0.3, 0.4) is 0 Å². The van der Waals surface area contributed by atoms with Gasteiger partial charge < -0.3 is 4.57 Å². The van der Waals surface area contributed by atoms with Crippen molar-refractivity contribution in [2.24, 2.45) is 7.05 Å². The zero-order chi connectivity index (χ0) is 10.1. The van der Waals surface area contributed by atoms with Crippen LogP contribution in [0.15, 0.2) is 39.7 Å². The summed E-state index contributed by atoms with van der Waals surface area (Å²) in [4.78, 5) is 4.18. The Labute approximate surface area is 99.2 Å². The summed E-state index contributed by atoms with van der Waals surface area (Å²) in [6.45, 7) is 0. The Hall–Kier alpha value is -0.610. The second kappa shape index (κ2) is 3.87. The smallest absolute Gasteiger partial charge is 0.177 e. The second-order valence-electron chi connectivity index (χ2n) is 2.98. The number of halogens is 2. The van der Waals surface area contributed by atoms with E-state index in [0.717, 1.165) is 20.5 Å². The zero-order valence-corrected chi connectivity index (χ0v) is 10.7. The van der Waals surface area contributed by atoms with Crippen molar-refractivity contribution in [2.45, 2.75) is 0 Å². The Morgan fingerprint density at radius 3 is 2.29 bits per heavy atom. The van der Waals surface area contributed by atoms with Crippen LogP contribution in [-0.4, -0.2) is 9.55 Å². The second-order valence-corrected chi connectivity index (χ2v) is 4.60. The van der Waals surface area contributed by atoms with Crippen LogP contribution in [0.1, 0.15) is 0 Å². The van der Waals surface area contributed by atoms with Gasteiger partial charge in [-0.15, -0.1) is 0 Å². The van der Waals surface area contributed by atoms with Gasteiger partial charge in [-0.3, -0.25) is 0 Å². The van der Waals surface area contributed by atoms with Crippen molar-refractivity contribution in [1.82, 2.24) is 9.55 Å². The first-order valence-electron chi connectivity index (χ1n) is 4.11. The van der Waals surface area contributed by atoms with Gasteiger partial charge in [-0.2, -0.15) is 0 Å². The minimum atomic E-state index is 0.843. The lowest BCUT2D eigenvalue weighted by molar-refractivity contribution is 0.889. The van der Waals surface area contributed by atoms with Crippen LogP contribution in [0, 0.1) is 0 Å². The standard InChI is InChI=1S/C10H8Br2N2/c1-14-9(6-13-10(14)12)7-2-4-8(11)5-3-7/h2-6H,1H3.